The highest BCUT2D eigenvalue weighted by molar-refractivity contribution is 5.81. The van der Waals surface area contributed by atoms with E-state index in [1.807, 2.05) is 18.9 Å². The zero-order chi connectivity index (χ0) is 19.2. The van der Waals surface area contributed by atoms with Crippen molar-refractivity contribution < 1.29 is 14.3 Å². The normalized spacial score (nSPS) is 31.3. The Morgan fingerprint density at radius 2 is 1.89 bits per heavy atom. The third kappa shape index (κ3) is 3.44. The van der Waals surface area contributed by atoms with Gasteiger partial charge in [-0.3, -0.25) is 4.79 Å². The molecule has 1 N–H and O–H groups in total. The number of hydrogen-bond donors (Lipinski definition) is 1. The topological polar surface area (TPSA) is 58.6 Å². The Hall–Kier alpha value is -2.04. The number of carbonyl (C=O) groups excluding carboxylic acids is 2. The zero-order valence-corrected chi connectivity index (χ0v) is 16.6. The summed E-state index contributed by atoms with van der Waals surface area (Å²) in [4.78, 5) is 26.1. The van der Waals surface area contributed by atoms with Gasteiger partial charge in [0.25, 0.3) is 0 Å². The highest BCUT2D eigenvalue weighted by Gasteiger charge is 2.47. The number of fused-ring (bicyclic) bond motifs is 1. The van der Waals surface area contributed by atoms with Gasteiger partial charge in [-0.05, 0) is 74.5 Å². The fraction of sp³-hybridized carbons (Fsp3) is 0.636. The molecule has 146 valence electrons. The first-order valence-corrected chi connectivity index (χ1v) is 10.1. The molecule has 3 aliphatic rings. The van der Waals surface area contributed by atoms with Gasteiger partial charge in [0.15, 0.2) is 0 Å². The predicted molar refractivity (Wildman–Crippen MR) is 104 cm³/mol. The van der Waals surface area contributed by atoms with Crippen molar-refractivity contribution in [2.45, 2.75) is 69.4 Å². The van der Waals surface area contributed by atoms with Gasteiger partial charge in [-0.1, -0.05) is 18.2 Å². The minimum absolute atomic E-state index is 0.0104. The first kappa shape index (κ1) is 18.3. The average molecular weight is 370 g/mol. The molecule has 0 aliphatic heterocycles. The third-order valence-corrected chi connectivity index (χ3v) is 6.93. The number of carbonyl (C=O) groups is 2. The number of alkyl carbamates (subject to hydrolysis) is 1. The van der Waals surface area contributed by atoms with Gasteiger partial charge in [-0.2, -0.15) is 0 Å². The van der Waals surface area contributed by atoms with E-state index < -0.39 is 6.09 Å². The average Bonchev–Trinajstić information content (AvgIpc) is 3.05. The lowest BCUT2D eigenvalue weighted by Gasteiger charge is -2.48. The second-order valence-electron chi connectivity index (χ2n) is 8.94. The van der Waals surface area contributed by atoms with E-state index in [0.29, 0.717) is 24.8 Å². The summed E-state index contributed by atoms with van der Waals surface area (Å²) in [5.74, 6) is 0.816. The van der Waals surface area contributed by atoms with E-state index in [-0.39, 0.29) is 17.4 Å². The van der Waals surface area contributed by atoms with Crippen LogP contribution in [0.2, 0.25) is 0 Å². The van der Waals surface area contributed by atoms with Crippen molar-refractivity contribution in [1.29, 1.82) is 0 Å². The number of hydrogen-bond acceptors (Lipinski definition) is 3. The minimum atomic E-state index is -0.423. The molecule has 0 atom stereocenters. The second kappa shape index (κ2) is 6.84. The maximum absolute atomic E-state index is 12.8. The molecule has 5 heteroatoms. The lowest BCUT2D eigenvalue weighted by molar-refractivity contribution is -0.143. The van der Waals surface area contributed by atoms with Crippen molar-refractivity contribution in [2.24, 2.45) is 5.92 Å². The smallest absolute Gasteiger partial charge is 0.407 e. The molecular weight excluding hydrogens is 340 g/mol. The van der Waals surface area contributed by atoms with E-state index in [4.69, 9.17) is 0 Å². The number of benzene rings is 1. The number of nitrogens with zero attached hydrogens (tertiary/aromatic N) is 1. The molecule has 2 amide bonds. The highest BCUT2D eigenvalue weighted by Crippen LogP contribution is 2.43. The Labute approximate surface area is 161 Å². The van der Waals surface area contributed by atoms with Crippen LogP contribution in [0, 0.1) is 5.92 Å². The Kier molecular flexibility index (Phi) is 4.65. The van der Waals surface area contributed by atoms with Crippen LogP contribution < -0.4 is 5.32 Å². The van der Waals surface area contributed by atoms with Gasteiger partial charge >= 0.3 is 6.09 Å². The van der Waals surface area contributed by atoms with Crippen molar-refractivity contribution in [3.63, 3.8) is 0 Å². The lowest BCUT2D eigenvalue weighted by atomic mass is 9.68. The first-order chi connectivity index (χ1) is 12.9. The second-order valence-corrected chi connectivity index (χ2v) is 8.94. The molecule has 27 heavy (non-hydrogen) atoms. The van der Waals surface area contributed by atoms with Crippen LogP contribution in [0.3, 0.4) is 0 Å². The molecule has 1 aromatic carbocycles. The molecule has 0 saturated heterocycles. The van der Waals surface area contributed by atoms with Crippen molar-refractivity contribution in [3.05, 3.63) is 34.9 Å². The quantitative estimate of drug-likeness (QED) is 0.884. The lowest BCUT2D eigenvalue weighted by Crippen LogP contribution is -2.59. The third-order valence-electron chi connectivity index (χ3n) is 6.93. The van der Waals surface area contributed by atoms with E-state index in [2.05, 4.69) is 28.3 Å². The van der Waals surface area contributed by atoms with Gasteiger partial charge in [-0.25, -0.2) is 4.79 Å². The molecule has 0 bridgehead atoms. The maximum Gasteiger partial charge on any atom is 0.407 e. The minimum Gasteiger partial charge on any atom is -0.453 e. The van der Waals surface area contributed by atoms with Gasteiger partial charge in [0.05, 0.1) is 7.11 Å². The fourth-order valence-corrected chi connectivity index (χ4v) is 5.09. The monoisotopic (exact) mass is 370 g/mol. The zero-order valence-electron chi connectivity index (χ0n) is 16.6. The number of aryl methyl sites for hydroxylation is 2. The molecule has 2 fully saturated rings. The largest absolute Gasteiger partial charge is 0.453 e. The molecule has 3 aliphatic carbocycles. The molecule has 2 saturated carbocycles. The van der Waals surface area contributed by atoms with Crippen molar-refractivity contribution in [1.82, 2.24) is 10.2 Å². The Balaban J connectivity index is 1.27. The summed E-state index contributed by atoms with van der Waals surface area (Å²) in [6.07, 6.45) is 6.81. The number of nitrogens with one attached hydrogen (secondary N) is 1. The molecule has 4 rings (SSSR count). The molecule has 5 nitrogen and oxygen atoms in total. The van der Waals surface area contributed by atoms with Gasteiger partial charge in [0, 0.05) is 24.5 Å². The summed E-state index contributed by atoms with van der Waals surface area (Å²) >= 11 is 0. The number of rotatable bonds is 4. The summed E-state index contributed by atoms with van der Waals surface area (Å²) in [5.41, 5.74) is 4.19. The van der Waals surface area contributed by atoms with E-state index >= 15 is 0 Å². The highest BCUT2D eigenvalue weighted by atomic mass is 16.5. The van der Waals surface area contributed by atoms with Crippen molar-refractivity contribution >= 4 is 12.0 Å². The summed E-state index contributed by atoms with van der Waals surface area (Å²) in [6, 6.07) is 7.35. The molecule has 0 spiro atoms. The summed E-state index contributed by atoms with van der Waals surface area (Å²) in [6.45, 7) is 1.97. The van der Waals surface area contributed by atoms with Crippen LogP contribution in [0.4, 0.5) is 4.79 Å². The van der Waals surface area contributed by atoms with E-state index in [0.717, 1.165) is 12.8 Å². The van der Waals surface area contributed by atoms with Crippen molar-refractivity contribution in [3.8, 4) is 0 Å². The van der Waals surface area contributed by atoms with E-state index in [1.165, 1.54) is 43.1 Å². The van der Waals surface area contributed by atoms with E-state index in [1.54, 1.807) is 0 Å². The number of methoxy groups -OCH3 is 1. The number of ether oxygens (including phenoxy) is 1. The summed E-state index contributed by atoms with van der Waals surface area (Å²) in [7, 11) is 3.30. The van der Waals surface area contributed by atoms with Gasteiger partial charge in [-0.15, -0.1) is 0 Å². The number of amides is 2. The van der Waals surface area contributed by atoms with Crippen LogP contribution >= 0.6 is 0 Å². The van der Waals surface area contributed by atoms with Crippen molar-refractivity contribution in [2.75, 3.05) is 14.2 Å². The molecular formula is C22H30N2O3. The Bertz CT molecular complexity index is 748. The van der Waals surface area contributed by atoms with Crippen LogP contribution in [0.25, 0.3) is 0 Å². The van der Waals surface area contributed by atoms with Crippen LogP contribution in [-0.4, -0.2) is 42.6 Å². The van der Waals surface area contributed by atoms with Gasteiger partial charge in [0.1, 0.15) is 0 Å². The van der Waals surface area contributed by atoms with Crippen LogP contribution in [-0.2, 0) is 22.4 Å². The standard InChI is InChI=1S/C22H30N2O3/c1-22(23-21(26)27-3)12-18(13-22)20(25)24(2)19-10-17(11-19)16-8-7-14-5-4-6-15(14)9-16/h7-9,17-19H,4-6,10-13H2,1-3H3,(H,23,26)/t17-,18-,19+,22+. The first-order valence-electron chi connectivity index (χ1n) is 10.1. The molecule has 0 radical (unpaired) electrons. The van der Waals surface area contributed by atoms with E-state index in [9.17, 15) is 9.59 Å². The Morgan fingerprint density at radius 3 is 2.59 bits per heavy atom. The Morgan fingerprint density at radius 1 is 1.19 bits per heavy atom. The molecule has 0 unspecified atom stereocenters. The van der Waals surface area contributed by atoms with Gasteiger partial charge < -0.3 is 15.0 Å². The predicted octanol–water partition coefficient (Wildman–Crippen LogP) is 3.40. The summed E-state index contributed by atoms with van der Waals surface area (Å²) < 4.78 is 4.67. The molecule has 0 heterocycles. The summed E-state index contributed by atoms with van der Waals surface area (Å²) in [5, 5.41) is 2.84. The van der Waals surface area contributed by atoms with Crippen LogP contribution in [0.15, 0.2) is 18.2 Å². The molecule has 0 aromatic heterocycles. The van der Waals surface area contributed by atoms with Gasteiger partial charge in [0.2, 0.25) is 5.91 Å². The van der Waals surface area contributed by atoms with Crippen LogP contribution in [0.5, 0.6) is 0 Å². The maximum atomic E-state index is 12.8. The fourth-order valence-electron chi connectivity index (χ4n) is 5.09. The SMILES string of the molecule is COC(=O)N[C@]1(C)C[C@H](C(=O)N(C)[C@H]2C[C@@H](c3ccc4c(c3)CCC4)C2)C1. The van der Waals surface area contributed by atoms with Crippen LogP contribution in [0.1, 0.15) is 61.6 Å². The molecule has 1 aromatic rings.